The molecule has 1 N–H and O–H groups in total. The standard InChI is InChI=1S/C22H16F4N2O3S2/c1-10-3-6-15-19(31-17(28-15)8-18(29)30)20(10)32-9-16-11(2)27-21(33-16)12-4-5-13(14(23)7-12)22(24,25)26/h3-7H,8-9H2,1-2H3,(H,29,30). The Bertz CT molecular complexity index is 1360. The first-order valence-electron chi connectivity index (χ1n) is 9.60. The number of aliphatic carboxylic acids is 1. The second kappa shape index (κ2) is 8.79. The van der Waals surface area contributed by atoms with Crippen molar-refractivity contribution >= 4 is 40.2 Å². The minimum absolute atomic E-state index is 0.116. The topological polar surface area (TPSA) is 76.2 Å². The third kappa shape index (κ3) is 4.88. The summed E-state index contributed by atoms with van der Waals surface area (Å²) in [7, 11) is 0. The molecule has 4 rings (SSSR count). The van der Waals surface area contributed by atoms with Crippen molar-refractivity contribution in [3.05, 3.63) is 63.7 Å². The second-order valence-corrected chi connectivity index (χ2v) is 9.32. The summed E-state index contributed by atoms with van der Waals surface area (Å²) in [4.78, 5) is 21.3. The van der Waals surface area contributed by atoms with E-state index in [1.807, 2.05) is 13.0 Å². The number of aromatic nitrogens is 2. The lowest BCUT2D eigenvalue weighted by Gasteiger charge is -2.08. The number of rotatable bonds is 6. The van der Waals surface area contributed by atoms with Gasteiger partial charge in [0, 0.05) is 16.2 Å². The van der Waals surface area contributed by atoms with Crippen LogP contribution in [-0.2, 0) is 23.1 Å². The Balaban J connectivity index is 1.59. The van der Waals surface area contributed by atoms with Crippen LogP contribution < -0.4 is 0 Å². The summed E-state index contributed by atoms with van der Waals surface area (Å²) in [6.07, 6.45) is -5.08. The van der Waals surface area contributed by atoms with Crippen molar-refractivity contribution in [2.24, 2.45) is 0 Å². The van der Waals surface area contributed by atoms with Crippen molar-refractivity contribution in [1.29, 1.82) is 0 Å². The summed E-state index contributed by atoms with van der Waals surface area (Å²) >= 11 is 2.73. The van der Waals surface area contributed by atoms with Crippen molar-refractivity contribution < 1.29 is 31.9 Å². The van der Waals surface area contributed by atoms with Gasteiger partial charge in [0.2, 0.25) is 5.89 Å². The lowest BCUT2D eigenvalue weighted by molar-refractivity contribution is -0.140. The zero-order valence-corrected chi connectivity index (χ0v) is 18.9. The van der Waals surface area contributed by atoms with Gasteiger partial charge in [-0.3, -0.25) is 4.79 Å². The molecule has 0 spiro atoms. The first kappa shape index (κ1) is 23.2. The van der Waals surface area contributed by atoms with E-state index in [9.17, 15) is 22.4 Å². The van der Waals surface area contributed by atoms with E-state index in [4.69, 9.17) is 9.52 Å². The molecule has 2 aromatic heterocycles. The van der Waals surface area contributed by atoms with Crippen molar-refractivity contribution in [3.63, 3.8) is 0 Å². The molecule has 5 nitrogen and oxygen atoms in total. The fourth-order valence-corrected chi connectivity index (χ4v) is 5.52. The Kier molecular flexibility index (Phi) is 6.19. The number of nitrogens with zero attached hydrogens (tertiary/aromatic N) is 2. The number of hydrogen-bond donors (Lipinski definition) is 1. The largest absolute Gasteiger partial charge is 0.481 e. The van der Waals surface area contributed by atoms with E-state index in [-0.39, 0.29) is 17.9 Å². The molecule has 0 radical (unpaired) electrons. The molecule has 0 atom stereocenters. The van der Waals surface area contributed by atoms with Gasteiger partial charge in [-0.1, -0.05) is 12.1 Å². The summed E-state index contributed by atoms with van der Waals surface area (Å²) in [6.45, 7) is 3.68. The van der Waals surface area contributed by atoms with Gasteiger partial charge in [0.25, 0.3) is 0 Å². The number of alkyl halides is 3. The minimum Gasteiger partial charge on any atom is -0.481 e. The summed E-state index contributed by atoms with van der Waals surface area (Å²) in [5.74, 6) is -1.78. The van der Waals surface area contributed by atoms with Gasteiger partial charge in [-0.15, -0.1) is 23.1 Å². The van der Waals surface area contributed by atoms with Gasteiger partial charge < -0.3 is 9.52 Å². The molecule has 0 aliphatic heterocycles. The molecule has 0 bridgehead atoms. The number of thioether (sulfide) groups is 1. The Hall–Kier alpha value is -2.92. The molecule has 0 saturated heterocycles. The molecule has 0 saturated carbocycles. The van der Waals surface area contributed by atoms with Crippen molar-refractivity contribution in [3.8, 4) is 10.6 Å². The van der Waals surface area contributed by atoms with E-state index in [0.717, 1.165) is 27.5 Å². The number of aryl methyl sites for hydroxylation is 2. The predicted molar refractivity (Wildman–Crippen MR) is 117 cm³/mol. The zero-order chi connectivity index (χ0) is 23.9. The van der Waals surface area contributed by atoms with Gasteiger partial charge in [-0.2, -0.15) is 13.2 Å². The monoisotopic (exact) mass is 496 g/mol. The maximum Gasteiger partial charge on any atom is 0.419 e. The van der Waals surface area contributed by atoms with Crippen molar-refractivity contribution in [2.75, 3.05) is 0 Å². The van der Waals surface area contributed by atoms with Crippen LogP contribution in [-0.4, -0.2) is 21.0 Å². The molecular weight excluding hydrogens is 480 g/mol. The normalized spacial score (nSPS) is 11.9. The third-order valence-corrected chi connectivity index (χ3v) is 7.44. The lowest BCUT2D eigenvalue weighted by Crippen LogP contribution is -2.07. The number of fused-ring (bicyclic) bond motifs is 1. The molecule has 0 fully saturated rings. The molecule has 4 aromatic rings. The van der Waals surface area contributed by atoms with Gasteiger partial charge in [0.15, 0.2) is 5.58 Å². The minimum atomic E-state index is -4.76. The van der Waals surface area contributed by atoms with E-state index in [0.29, 0.717) is 27.6 Å². The van der Waals surface area contributed by atoms with E-state index < -0.39 is 23.5 Å². The van der Waals surface area contributed by atoms with E-state index in [2.05, 4.69) is 9.97 Å². The third-order valence-electron chi connectivity index (χ3n) is 4.82. The molecule has 0 aliphatic carbocycles. The van der Waals surface area contributed by atoms with Gasteiger partial charge in [0.1, 0.15) is 22.8 Å². The maximum absolute atomic E-state index is 14.0. The van der Waals surface area contributed by atoms with Crippen LogP contribution in [0.1, 0.15) is 27.6 Å². The maximum atomic E-state index is 14.0. The van der Waals surface area contributed by atoms with Crippen LogP contribution in [0.4, 0.5) is 17.6 Å². The van der Waals surface area contributed by atoms with Gasteiger partial charge in [0.05, 0.1) is 16.2 Å². The van der Waals surface area contributed by atoms with E-state index in [1.165, 1.54) is 29.2 Å². The second-order valence-electron chi connectivity index (χ2n) is 7.25. The van der Waals surface area contributed by atoms with Crippen LogP contribution in [0.25, 0.3) is 21.7 Å². The number of benzene rings is 2. The van der Waals surface area contributed by atoms with Gasteiger partial charge in [-0.05, 0) is 37.6 Å². The number of thiazole rings is 1. The summed E-state index contributed by atoms with van der Waals surface area (Å²) in [6, 6.07) is 6.41. The molecule has 0 aliphatic rings. The highest BCUT2D eigenvalue weighted by molar-refractivity contribution is 7.99. The average molecular weight is 497 g/mol. The molecular formula is C22H16F4N2O3S2. The number of carboxylic acids is 1. The van der Waals surface area contributed by atoms with Crippen LogP contribution in [0.5, 0.6) is 0 Å². The Morgan fingerprint density at radius 1 is 1.18 bits per heavy atom. The molecule has 33 heavy (non-hydrogen) atoms. The Morgan fingerprint density at radius 3 is 2.61 bits per heavy atom. The number of carboxylic acid groups (broad SMARTS) is 1. The van der Waals surface area contributed by atoms with Gasteiger partial charge in [-0.25, -0.2) is 14.4 Å². The van der Waals surface area contributed by atoms with E-state index >= 15 is 0 Å². The number of carbonyl (C=O) groups is 1. The first-order valence-corrected chi connectivity index (χ1v) is 11.4. The quantitative estimate of drug-likeness (QED) is 0.238. The fourth-order valence-electron chi connectivity index (χ4n) is 3.20. The van der Waals surface area contributed by atoms with Crippen LogP contribution in [0.3, 0.4) is 0 Å². The summed E-state index contributed by atoms with van der Waals surface area (Å²) in [5.41, 5.74) is 1.64. The van der Waals surface area contributed by atoms with Crippen LogP contribution in [0, 0.1) is 19.7 Å². The summed E-state index contributed by atoms with van der Waals surface area (Å²) < 4.78 is 58.1. The Labute approximate surface area is 193 Å². The average Bonchev–Trinajstić information content (AvgIpc) is 3.28. The number of oxazole rings is 1. The van der Waals surface area contributed by atoms with Crippen molar-refractivity contribution in [2.45, 2.75) is 37.1 Å². The zero-order valence-electron chi connectivity index (χ0n) is 17.3. The van der Waals surface area contributed by atoms with Crippen LogP contribution in [0.15, 0.2) is 39.6 Å². The highest BCUT2D eigenvalue weighted by atomic mass is 32.2. The molecule has 11 heteroatoms. The molecule has 0 amide bonds. The molecule has 0 unspecified atom stereocenters. The molecule has 2 aromatic carbocycles. The highest BCUT2D eigenvalue weighted by Gasteiger charge is 2.34. The number of hydrogen-bond acceptors (Lipinski definition) is 6. The fraction of sp³-hybridized carbons (Fsp3) is 0.227. The van der Waals surface area contributed by atoms with E-state index in [1.54, 1.807) is 13.0 Å². The summed E-state index contributed by atoms with van der Waals surface area (Å²) in [5, 5.41) is 9.40. The SMILES string of the molecule is Cc1ccc2nc(CC(=O)O)oc2c1SCc1sc(-c2ccc(C(F)(F)F)c(F)c2)nc1C. The highest BCUT2D eigenvalue weighted by Crippen LogP contribution is 2.38. The predicted octanol–water partition coefficient (Wildman–Crippen LogP) is 6.65. The number of halogens is 4. The Morgan fingerprint density at radius 2 is 1.94 bits per heavy atom. The van der Waals surface area contributed by atoms with Crippen LogP contribution >= 0.6 is 23.1 Å². The first-order chi connectivity index (χ1) is 15.5. The smallest absolute Gasteiger partial charge is 0.419 e. The van der Waals surface area contributed by atoms with Crippen LogP contribution in [0.2, 0.25) is 0 Å². The lowest BCUT2D eigenvalue weighted by atomic mass is 10.1. The van der Waals surface area contributed by atoms with Crippen molar-refractivity contribution in [1.82, 2.24) is 9.97 Å². The van der Waals surface area contributed by atoms with Gasteiger partial charge >= 0.3 is 12.1 Å². The molecule has 172 valence electrons. The molecule has 2 heterocycles.